The molecule has 1 amide bonds. The number of aromatic nitrogens is 2. The van der Waals surface area contributed by atoms with Gasteiger partial charge in [-0.2, -0.15) is 13.5 Å². The summed E-state index contributed by atoms with van der Waals surface area (Å²) in [4.78, 5) is 24.3. The van der Waals surface area contributed by atoms with E-state index in [1.807, 2.05) is 0 Å². The Bertz CT molecular complexity index is 1170. The second-order valence-electron chi connectivity index (χ2n) is 6.07. The van der Waals surface area contributed by atoms with Gasteiger partial charge in [0, 0.05) is 23.0 Å². The molecule has 0 saturated heterocycles. The van der Waals surface area contributed by atoms with Gasteiger partial charge in [-0.05, 0) is 35.9 Å². The fourth-order valence-corrected chi connectivity index (χ4v) is 3.41. The Kier molecular flexibility index (Phi) is 5.50. The van der Waals surface area contributed by atoms with Crippen molar-refractivity contribution in [2.45, 2.75) is 13.0 Å². The number of nitrogens with zero attached hydrogens (tertiary/aromatic N) is 2. The molecule has 0 aliphatic rings. The molecule has 1 heterocycles. The lowest BCUT2D eigenvalue weighted by molar-refractivity contribution is -0.122. The van der Waals surface area contributed by atoms with E-state index >= 15 is 0 Å². The van der Waals surface area contributed by atoms with Crippen molar-refractivity contribution in [2.24, 2.45) is 0 Å². The molecule has 0 aliphatic carbocycles. The van der Waals surface area contributed by atoms with Gasteiger partial charge in [0.25, 0.3) is 16.0 Å². The van der Waals surface area contributed by atoms with E-state index < -0.39 is 22.1 Å². The Morgan fingerprint density at radius 3 is 2.61 bits per heavy atom. The summed E-state index contributed by atoms with van der Waals surface area (Å²) >= 11 is 5.94. The first kappa shape index (κ1) is 20.0. The van der Waals surface area contributed by atoms with Gasteiger partial charge < -0.3 is 5.32 Å². The lowest BCUT2D eigenvalue weighted by atomic mass is 10.1. The van der Waals surface area contributed by atoms with Crippen molar-refractivity contribution < 1.29 is 22.2 Å². The molecule has 8 nitrogen and oxygen atoms in total. The highest BCUT2D eigenvalue weighted by Crippen LogP contribution is 2.25. The van der Waals surface area contributed by atoms with Crippen molar-refractivity contribution in [1.82, 2.24) is 9.78 Å². The summed E-state index contributed by atoms with van der Waals surface area (Å²) in [6.45, 7) is 1.39. The third-order valence-electron chi connectivity index (χ3n) is 3.79. The first-order chi connectivity index (χ1) is 13.1. The molecule has 0 spiro atoms. The molecule has 0 aliphatic heterocycles. The molecular formula is C18H16ClN3O5S. The minimum absolute atomic E-state index is 0.241. The van der Waals surface area contributed by atoms with Crippen molar-refractivity contribution in [2.75, 3.05) is 11.6 Å². The van der Waals surface area contributed by atoms with Crippen LogP contribution in [0.3, 0.4) is 0 Å². The molecule has 1 unspecified atom stereocenters. The van der Waals surface area contributed by atoms with E-state index in [2.05, 4.69) is 10.4 Å². The van der Waals surface area contributed by atoms with Gasteiger partial charge in [0.1, 0.15) is 0 Å². The summed E-state index contributed by atoms with van der Waals surface area (Å²) in [5.74, 6) is -0.930. The van der Waals surface area contributed by atoms with Crippen molar-refractivity contribution in [3.8, 4) is 0 Å². The zero-order chi connectivity index (χ0) is 20.5. The van der Waals surface area contributed by atoms with E-state index in [1.54, 1.807) is 36.4 Å². The second kappa shape index (κ2) is 7.70. The highest BCUT2D eigenvalue weighted by Gasteiger charge is 2.26. The molecular weight excluding hydrogens is 406 g/mol. The van der Waals surface area contributed by atoms with Crippen LogP contribution in [0.1, 0.15) is 23.4 Å². The Labute approximate surface area is 166 Å². The predicted molar refractivity (Wildman–Crippen MR) is 105 cm³/mol. The normalized spacial score (nSPS) is 12.7. The minimum Gasteiger partial charge on any atom is -0.323 e. The standard InChI is InChI=1S/C18H16ClN3O5S/c1-11(23)22-16-7-6-15(9-13(16)10-20-22)21-18(24)17(27-28(2,25)26)12-4-3-5-14(19)8-12/h3-10,17H,1-2H3,(H,21,24). The lowest BCUT2D eigenvalue weighted by Crippen LogP contribution is -2.25. The fraction of sp³-hybridized carbons (Fsp3) is 0.167. The number of hydrogen-bond acceptors (Lipinski definition) is 6. The summed E-state index contributed by atoms with van der Waals surface area (Å²) in [6, 6.07) is 11.0. The van der Waals surface area contributed by atoms with Crippen molar-refractivity contribution >= 4 is 50.1 Å². The Morgan fingerprint density at radius 1 is 1.21 bits per heavy atom. The van der Waals surface area contributed by atoms with Crippen LogP contribution in [0.25, 0.3) is 10.9 Å². The van der Waals surface area contributed by atoms with Gasteiger partial charge in [-0.3, -0.25) is 13.8 Å². The smallest absolute Gasteiger partial charge is 0.265 e. The van der Waals surface area contributed by atoms with Crippen LogP contribution in [-0.4, -0.2) is 36.3 Å². The number of benzene rings is 2. The maximum Gasteiger partial charge on any atom is 0.265 e. The van der Waals surface area contributed by atoms with Gasteiger partial charge in [-0.15, -0.1) is 0 Å². The zero-order valence-corrected chi connectivity index (χ0v) is 16.5. The number of hydrogen-bond donors (Lipinski definition) is 1. The maximum absolute atomic E-state index is 12.7. The summed E-state index contributed by atoms with van der Waals surface area (Å²) in [5, 5.41) is 7.59. The van der Waals surface area contributed by atoms with Crippen LogP contribution in [0.4, 0.5) is 5.69 Å². The Morgan fingerprint density at radius 2 is 1.96 bits per heavy atom. The molecule has 0 saturated carbocycles. The zero-order valence-electron chi connectivity index (χ0n) is 14.9. The number of carbonyl (C=O) groups is 2. The second-order valence-corrected chi connectivity index (χ2v) is 8.11. The minimum atomic E-state index is -3.92. The van der Waals surface area contributed by atoms with E-state index in [4.69, 9.17) is 15.8 Å². The molecule has 1 atom stereocenters. The highest BCUT2D eigenvalue weighted by molar-refractivity contribution is 7.86. The van der Waals surface area contributed by atoms with Gasteiger partial charge in [-0.1, -0.05) is 23.7 Å². The van der Waals surface area contributed by atoms with Crippen LogP contribution >= 0.6 is 11.6 Å². The Balaban J connectivity index is 1.91. The van der Waals surface area contributed by atoms with Gasteiger partial charge in [0.15, 0.2) is 6.10 Å². The van der Waals surface area contributed by atoms with Crippen LogP contribution in [0.2, 0.25) is 5.02 Å². The summed E-state index contributed by atoms with van der Waals surface area (Å²) in [5.41, 5.74) is 1.27. The van der Waals surface area contributed by atoms with Crippen molar-refractivity contribution in [3.63, 3.8) is 0 Å². The molecule has 0 fully saturated rings. The van der Waals surface area contributed by atoms with Crippen LogP contribution in [0, 0.1) is 0 Å². The molecule has 2 aromatic carbocycles. The average molecular weight is 422 g/mol. The number of fused-ring (bicyclic) bond motifs is 1. The number of rotatable bonds is 5. The summed E-state index contributed by atoms with van der Waals surface area (Å²) in [6.07, 6.45) is 0.942. The average Bonchev–Trinajstić information content (AvgIpc) is 3.02. The molecule has 3 rings (SSSR count). The third kappa shape index (κ3) is 4.56. The predicted octanol–water partition coefficient (Wildman–Crippen LogP) is 3.01. The molecule has 0 radical (unpaired) electrons. The van der Waals surface area contributed by atoms with Gasteiger partial charge in [0.05, 0.1) is 18.0 Å². The molecule has 1 aromatic heterocycles. The molecule has 3 aromatic rings. The van der Waals surface area contributed by atoms with E-state index in [0.29, 0.717) is 27.2 Å². The number of halogens is 1. The van der Waals surface area contributed by atoms with Crippen LogP contribution in [0.15, 0.2) is 48.7 Å². The molecule has 28 heavy (non-hydrogen) atoms. The van der Waals surface area contributed by atoms with E-state index in [-0.39, 0.29) is 5.91 Å². The lowest BCUT2D eigenvalue weighted by Gasteiger charge is -2.17. The topological polar surface area (TPSA) is 107 Å². The quantitative estimate of drug-likeness (QED) is 0.634. The number of anilines is 1. The first-order valence-corrected chi connectivity index (χ1v) is 10.3. The number of amides is 1. The van der Waals surface area contributed by atoms with E-state index in [0.717, 1.165) is 6.26 Å². The van der Waals surface area contributed by atoms with Gasteiger partial charge in [-0.25, -0.2) is 4.68 Å². The van der Waals surface area contributed by atoms with Gasteiger partial charge in [0.2, 0.25) is 5.91 Å². The largest absolute Gasteiger partial charge is 0.323 e. The molecule has 0 bridgehead atoms. The van der Waals surface area contributed by atoms with Gasteiger partial charge >= 0.3 is 0 Å². The maximum atomic E-state index is 12.7. The van der Waals surface area contributed by atoms with Crippen molar-refractivity contribution in [1.29, 1.82) is 0 Å². The molecule has 146 valence electrons. The van der Waals surface area contributed by atoms with E-state index in [9.17, 15) is 18.0 Å². The number of nitrogens with one attached hydrogen (secondary N) is 1. The fourth-order valence-electron chi connectivity index (χ4n) is 2.66. The Hall–Kier alpha value is -2.75. The van der Waals surface area contributed by atoms with E-state index in [1.165, 1.54) is 23.9 Å². The first-order valence-electron chi connectivity index (χ1n) is 8.07. The molecule has 1 N–H and O–H groups in total. The van der Waals surface area contributed by atoms with Crippen LogP contribution in [-0.2, 0) is 19.1 Å². The van der Waals surface area contributed by atoms with Crippen LogP contribution in [0.5, 0.6) is 0 Å². The summed E-state index contributed by atoms with van der Waals surface area (Å²) in [7, 11) is -3.92. The summed E-state index contributed by atoms with van der Waals surface area (Å²) < 4.78 is 29.5. The monoisotopic (exact) mass is 421 g/mol. The van der Waals surface area contributed by atoms with Crippen molar-refractivity contribution in [3.05, 3.63) is 59.2 Å². The SMILES string of the molecule is CC(=O)n1ncc2cc(NC(=O)C(OS(C)(=O)=O)c3cccc(Cl)c3)ccc21. The number of carbonyl (C=O) groups excluding carboxylic acids is 2. The molecule has 10 heteroatoms. The van der Waals surface area contributed by atoms with Crippen LogP contribution < -0.4 is 5.32 Å². The highest BCUT2D eigenvalue weighted by atomic mass is 35.5. The third-order valence-corrected chi connectivity index (χ3v) is 4.57.